The van der Waals surface area contributed by atoms with Crippen LogP contribution in [-0.4, -0.2) is 11.0 Å². The molecule has 0 fully saturated rings. The van der Waals surface area contributed by atoms with Crippen LogP contribution in [0.25, 0.3) is 11.3 Å². The smallest absolute Gasteiger partial charge is 0.0948 e. The fourth-order valence-electron chi connectivity index (χ4n) is 1.35. The highest BCUT2D eigenvalue weighted by molar-refractivity contribution is 7.14. The molecule has 1 unspecified atom stereocenters. The highest BCUT2D eigenvalue weighted by Crippen LogP contribution is 2.29. The van der Waals surface area contributed by atoms with Gasteiger partial charge in [-0.2, -0.15) is 0 Å². The molecule has 1 atom stereocenters. The van der Waals surface area contributed by atoms with Crippen LogP contribution in [0.15, 0.2) is 16.8 Å². The minimum Gasteiger partial charge on any atom is -0.327 e. The second-order valence-electron chi connectivity index (χ2n) is 3.64. The first kappa shape index (κ1) is 12.0. The van der Waals surface area contributed by atoms with Gasteiger partial charge in [-0.25, -0.2) is 4.98 Å². The molecule has 16 heavy (non-hydrogen) atoms. The van der Waals surface area contributed by atoms with Gasteiger partial charge in [0.25, 0.3) is 0 Å². The topological polar surface area (TPSA) is 38.9 Å². The summed E-state index contributed by atoms with van der Waals surface area (Å²) in [6, 6.07) is 2.16. The Morgan fingerprint density at radius 2 is 2.25 bits per heavy atom. The Morgan fingerprint density at radius 1 is 1.44 bits per heavy atom. The van der Waals surface area contributed by atoms with Gasteiger partial charge in [0.1, 0.15) is 0 Å². The van der Waals surface area contributed by atoms with Crippen LogP contribution in [0.5, 0.6) is 0 Å². The van der Waals surface area contributed by atoms with E-state index in [0.717, 1.165) is 33.4 Å². The van der Waals surface area contributed by atoms with Crippen molar-refractivity contribution in [1.29, 1.82) is 0 Å². The summed E-state index contributed by atoms with van der Waals surface area (Å²) in [6.45, 7) is 2.10. The number of rotatable bonds is 4. The molecule has 0 aliphatic heterocycles. The zero-order chi connectivity index (χ0) is 11.5. The summed E-state index contributed by atoms with van der Waals surface area (Å²) in [5, 5.41) is 5.20. The van der Waals surface area contributed by atoms with Gasteiger partial charge in [0, 0.05) is 28.8 Å². The summed E-state index contributed by atoms with van der Waals surface area (Å²) < 4.78 is 0.801. The third-order valence-corrected chi connectivity index (χ3v) is 4.34. The SMILES string of the molecule is CCC(N)Cc1nc(-c2csc(Cl)c2)cs1. The van der Waals surface area contributed by atoms with Crippen LogP contribution < -0.4 is 5.73 Å². The Balaban J connectivity index is 2.13. The summed E-state index contributed by atoms with van der Waals surface area (Å²) in [5.41, 5.74) is 8.01. The van der Waals surface area contributed by atoms with Gasteiger partial charge in [0.2, 0.25) is 0 Å². The molecule has 0 aliphatic carbocycles. The number of nitrogens with two attached hydrogens (primary N) is 1. The van der Waals surface area contributed by atoms with E-state index in [2.05, 4.69) is 17.3 Å². The van der Waals surface area contributed by atoms with Crippen molar-refractivity contribution in [3.05, 3.63) is 26.2 Å². The predicted molar refractivity (Wildman–Crippen MR) is 72.4 cm³/mol. The molecule has 2 aromatic rings. The Hall–Kier alpha value is -0.420. The van der Waals surface area contributed by atoms with Gasteiger partial charge < -0.3 is 5.73 Å². The summed E-state index contributed by atoms with van der Waals surface area (Å²) >= 11 is 9.10. The van der Waals surface area contributed by atoms with Crippen molar-refractivity contribution in [2.45, 2.75) is 25.8 Å². The van der Waals surface area contributed by atoms with Crippen LogP contribution in [0.4, 0.5) is 0 Å². The first-order chi connectivity index (χ1) is 7.69. The molecule has 2 heterocycles. The molecule has 0 bridgehead atoms. The number of hydrogen-bond donors (Lipinski definition) is 1. The second kappa shape index (κ2) is 5.27. The Bertz CT molecular complexity index is 464. The van der Waals surface area contributed by atoms with Gasteiger partial charge in [-0.3, -0.25) is 0 Å². The van der Waals surface area contributed by atoms with E-state index in [9.17, 15) is 0 Å². The molecule has 2 rings (SSSR count). The molecule has 0 saturated carbocycles. The lowest BCUT2D eigenvalue weighted by Gasteiger charge is -2.04. The highest BCUT2D eigenvalue weighted by Gasteiger charge is 2.09. The lowest BCUT2D eigenvalue weighted by atomic mass is 10.2. The van der Waals surface area contributed by atoms with Gasteiger partial charge in [-0.1, -0.05) is 18.5 Å². The first-order valence-electron chi connectivity index (χ1n) is 5.13. The van der Waals surface area contributed by atoms with Crippen LogP contribution in [-0.2, 0) is 6.42 Å². The maximum absolute atomic E-state index is 5.90. The standard InChI is InChI=1S/C11H13ClN2S2/c1-2-8(13)4-11-14-9(6-16-11)7-3-10(12)15-5-7/h3,5-6,8H,2,4,13H2,1H3. The fourth-order valence-corrected chi connectivity index (χ4v) is 3.12. The summed E-state index contributed by atoms with van der Waals surface area (Å²) in [4.78, 5) is 4.57. The molecule has 0 amide bonds. The van der Waals surface area contributed by atoms with E-state index in [1.54, 1.807) is 11.3 Å². The molecule has 0 spiro atoms. The summed E-state index contributed by atoms with van der Waals surface area (Å²) in [6.07, 6.45) is 1.85. The third kappa shape index (κ3) is 2.83. The predicted octanol–water partition coefficient (Wildman–Crippen LogP) is 3.80. The number of aromatic nitrogens is 1. The Kier molecular flexibility index (Phi) is 3.97. The number of hydrogen-bond acceptors (Lipinski definition) is 4. The van der Waals surface area contributed by atoms with Crippen LogP contribution in [0, 0.1) is 0 Å². The van der Waals surface area contributed by atoms with E-state index < -0.39 is 0 Å². The average molecular weight is 273 g/mol. The van der Waals surface area contributed by atoms with Gasteiger partial charge in [0.05, 0.1) is 15.0 Å². The van der Waals surface area contributed by atoms with E-state index in [1.165, 1.54) is 11.3 Å². The van der Waals surface area contributed by atoms with Crippen molar-refractivity contribution >= 4 is 34.3 Å². The summed E-state index contributed by atoms with van der Waals surface area (Å²) in [5.74, 6) is 0. The zero-order valence-electron chi connectivity index (χ0n) is 8.94. The Labute approximate surface area is 108 Å². The normalized spacial score (nSPS) is 12.9. The molecule has 5 heteroatoms. The number of thiophene rings is 1. The molecular weight excluding hydrogens is 260 g/mol. The molecule has 0 aromatic carbocycles. The first-order valence-corrected chi connectivity index (χ1v) is 7.27. The van der Waals surface area contributed by atoms with Crippen molar-refractivity contribution in [3.63, 3.8) is 0 Å². The van der Waals surface area contributed by atoms with Crippen LogP contribution in [0.3, 0.4) is 0 Å². The molecule has 0 saturated heterocycles. The maximum Gasteiger partial charge on any atom is 0.0948 e. The zero-order valence-corrected chi connectivity index (χ0v) is 11.3. The van der Waals surface area contributed by atoms with Crippen molar-refractivity contribution in [3.8, 4) is 11.3 Å². The average Bonchev–Trinajstić information content (AvgIpc) is 2.87. The van der Waals surface area contributed by atoms with Crippen LogP contribution in [0.1, 0.15) is 18.4 Å². The molecule has 0 aliphatic rings. The quantitative estimate of drug-likeness (QED) is 0.919. The van der Waals surface area contributed by atoms with Gasteiger partial charge in [0.15, 0.2) is 0 Å². The van der Waals surface area contributed by atoms with E-state index in [1.807, 2.05) is 11.4 Å². The molecule has 2 N–H and O–H groups in total. The monoisotopic (exact) mass is 272 g/mol. The largest absolute Gasteiger partial charge is 0.327 e. The van der Waals surface area contributed by atoms with Crippen molar-refractivity contribution in [1.82, 2.24) is 4.98 Å². The minimum atomic E-state index is 0.213. The van der Waals surface area contributed by atoms with Crippen molar-refractivity contribution < 1.29 is 0 Å². The molecule has 2 aromatic heterocycles. The van der Waals surface area contributed by atoms with E-state index in [-0.39, 0.29) is 6.04 Å². The lowest BCUT2D eigenvalue weighted by Crippen LogP contribution is -2.21. The van der Waals surface area contributed by atoms with E-state index in [0.29, 0.717) is 0 Å². The van der Waals surface area contributed by atoms with E-state index >= 15 is 0 Å². The highest BCUT2D eigenvalue weighted by atomic mass is 35.5. The van der Waals surface area contributed by atoms with Crippen molar-refractivity contribution in [2.75, 3.05) is 0 Å². The van der Waals surface area contributed by atoms with Crippen LogP contribution >= 0.6 is 34.3 Å². The maximum atomic E-state index is 5.90. The number of thiazole rings is 1. The van der Waals surface area contributed by atoms with Crippen LogP contribution in [0.2, 0.25) is 4.34 Å². The van der Waals surface area contributed by atoms with Gasteiger partial charge in [-0.05, 0) is 12.5 Å². The minimum absolute atomic E-state index is 0.213. The van der Waals surface area contributed by atoms with Crippen molar-refractivity contribution in [2.24, 2.45) is 5.73 Å². The number of nitrogens with zero attached hydrogens (tertiary/aromatic N) is 1. The van der Waals surface area contributed by atoms with Gasteiger partial charge in [-0.15, -0.1) is 22.7 Å². The van der Waals surface area contributed by atoms with Gasteiger partial charge >= 0.3 is 0 Å². The molecule has 0 radical (unpaired) electrons. The second-order valence-corrected chi connectivity index (χ2v) is 6.12. The fraction of sp³-hybridized carbons (Fsp3) is 0.364. The molecule has 86 valence electrons. The number of halogens is 1. The molecule has 2 nitrogen and oxygen atoms in total. The van der Waals surface area contributed by atoms with E-state index in [4.69, 9.17) is 17.3 Å². The summed E-state index contributed by atoms with van der Waals surface area (Å²) in [7, 11) is 0. The third-order valence-electron chi connectivity index (χ3n) is 2.38. The Morgan fingerprint density at radius 3 is 2.88 bits per heavy atom. The lowest BCUT2D eigenvalue weighted by molar-refractivity contribution is 0.644. The molecular formula is C11H13ClN2S2.